The van der Waals surface area contributed by atoms with E-state index in [2.05, 4.69) is 34.6 Å². The molecular formula is C88H172O17P2. The van der Waals surface area contributed by atoms with Gasteiger partial charge in [-0.05, 0) is 31.6 Å². The number of carbonyl (C=O) groups excluding carboxylic acids is 4. The number of unbranched alkanes of at least 4 members (excludes halogenated alkanes) is 59. The van der Waals surface area contributed by atoms with Crippen LogP contribution < -0.4 is 0 Å². The fourth-order valence-corrected chi connectivity index (χ4v) is 15.4. The fourth-order valence-electron chi connectivity index (χ4n) is 13.8. The van der Waals surface area contributed by atoms with E-state index in [9.17, 15) is 43.2 Å². The molecule has 0 aromatic heterocycles. The van der Waals surface area contributed by atoms with E-state index in [4.69, 9.17) is 37.0 Å². The molecule has 0 aliphatic carbocycles. The van der Waals surface area contributed by atoms with Crippen molar-refractivity contribution in [2.75, 3.05) is 39.6 Å². The number of hydrogen-bond acceptors (Lipinski definition) is 15. The van der Waals surface area contributed by atoms with Crippen LogP contribution in [0.3, 0.4) is 0 Å². The van der Waals surface area contributed by atoms with Crippen molar-refractivity contribution in [2.24, 2.45) is 5.92 Å². The van der Waals surface area contributed by atoms with Gasteiger partial charge < -0.3 is 33.8 Å². The molecule has 0 saturated carbocycles. The van der Waals surface area contributed by atoms with Crippen LogP contribution >= 0.6 is 15.6 Å². The van der Waals surface area contributed by atoms with Gasteiger partial charge in [-0.25, -0.2) is 9.13 Å². The first-order valence-corrected chi connectivity index (χ1v) is 48.7. The number of ether oxygens (including phenoxy) is 4. The lowest BCUT2D eigenvalue weighted by molar-refractivity contribution is -0.161. The van der Waals surface area contributed by atoms with Gasteiger partial charge in [0.1, 0.15) is 19.3 Å². The van der Waals surface area contributed by atoms with Gasteiger partial charge in [0.2, 0.25) is 0 Å². The summed E-state index contributed by atoms with van der Waals surface area (Å²) in [6, 6.07) is 0. The van der Waals surface area contributed by atoms with Crippen molar-refractivity contribution in [1.82, 2.24) is 0 Å². The second kappa shape index (κ2) is 80.7. The monoisotopic (exact) mass is 1560 g/mol. The molecule has 0 aromatic rings. The van der Waals surface area contributed by atoms with Crippen LogP contribution in [0.15, 0.2) is 0 Å². The van der Waals surface area contributed by atoms with Crippen LogP contribution in [-0.2, 0) is 65.4 Å². The second-order valence-corrected chi connectivity index (χ2v) is 34.8. The molecule has 0 aliphatic heterocycles. The molecule has 0 bridgehead atoms. The molecule has 107 heavy (non-hydrogen) atoms. The maximum absolute atomic E-state index is 13.2. The van der Waals surface area contributed by atoms with Crippen LogP contribution in [0.5, 0.6) is 0 Å². The lowest BCUT2D eigenvalue weighted by Crippen LogP contribution is -2.30. The van der Waals surface area contributed by atoms with Crippen LogP contribution in [0.2, 0.25) is 0 Å². The summed E-state index contributed by atoms with van der Waals surface area (Å²) in [5.41, 5.74) is 0. The van der Waals surface area contributed by atoms with Gasteiger partial charge in [0.25, 0.3) is 0 Å². The van der Waals surface area contributed by atoms with E-state index in [1.54, 1.807) is 0 Å². The second-order valence-electron chi connectivity index (χ2n) is 31.9. The number of aliphatic hydroxyl groups excluding tert-OH is 1. The highest BCUT2D eigenvalue weighted by molar-refractivity contribution is 7.47. The third-order valence-corrected chi connectivity index (χ3v) is 23.0. The van der Waals surface area contributed by atoms with E-state index in [-0.39, 0.29) is 25.7 Å². The summed E-state index contributed by atoms with van der Waals surface area (Å²) in [6.07, 6.45) is 74.9. The molecule has 0 aliphatic rings. The molecule has 0 heterocycles. The normalized spacial score (nSPS) is 14.0. The summed E-state index contributed by atoms with van der Waals surface area (Å²) >= 11 is 0. The van der Waals surface area contributed by atoms with Crippen molar-refractivity contribution < 1.29 is 80.2 Å². The Hall–Kier alpha value is -1.94. The molecule has 0 aromatic carbocycles. The van der Waals surface area contributed by atoms with Crippen LogP contribution in [-0.4, -0.2) is 96.7 Å². The summed E-state index contributed by atoms with van der Waals surface area (Å²) < 4.78 is 69.0. The zero-order valence-corrected chi connectivity index (χ0v) is 72.1. The minimum Gasteiger partial charge on any atom is -0.462 e. The van der Waals surface area contributed by atoms with Gasteiger partial charge >= 0.3 is 39.5 Å². The van der Waals surface area contributed by atoms with E-state index < -0.39 is 97.5 Å². The quantitative estimate of drug-likeness (QED) is 0.0222. The fraction of sp³-hybridized carbons (Fsp3) is 0.955. The summed E-state index contributed by atoms with van der Waals surface area (Å²) in [6.45, 7) is 7.43. The molecular weight excluding hydrogens is 1390 g/mol. The number of phosphoric acid groups is 2. The molecule has 636 valence electrons. The number of aliphatic hydroxyl groups is 1. The Bertz CT molecular complexity index is 2030. The van der Waals surface area contributed by atoms with Crippen molar-refractivity contribution in [3.63, 3.8) is 0 Å². The number of phosphoric ester groups is 2. The molecule has 0 amide bonds. The van der Waals surface area contributed by atoms with Gasteiger partial charge in [0.05, 0.1) is 26.4 Å². The van der Waals surface area contributed by atoms with Crippen LogP contribution in [0.25, 0.3) is 0 Å². The maximum atomic E-state index is 13.2. The van der Waals surface area contributed by atoms with Crippen molar-refractivity contribution in [3.8, 4) is 0 Å². The molecule has 0 rings (SSSR count). The number of hydrogen-bond donors (Lipinski definition) is 3. The molecule has 6 atom stereocenters. The predicted molar refractivity (Wildman–Crippen MR) is 442 cm³/mol. The standard InChI is InChI=1S/C88H172O17P2/c1-6-10-13-16-19-22-25-28-30-31-32-33-34-35-36-38-44-49-54-59-64-69-74-88(93)105-84(78-99-86(91)72-67-62-57-52-47-42-40-39-41-45-50-55-60-65-70-81(5)9-4)80-103-107(96,97)101-76-82(89)75-100-106(94,95)102-79-83(77-98-85(90)71-66-61-56-51-46-27-24-21-18-15-12-8-3)104-87(92)73-68-63-58-53-48-43-37-29-26-23-20-17-14-11-7-2/h81-84,89H,6-80H2,1-5H3,(H,94,95)(H,96,97)/t81?,82-,83+,84+/m0/s1. The molecule has 19 heteroatoms. The van der Waals surface area contributed by atoms with E-state index in [1.807, 2.05) is 0 Å². The average Bonchev–Trinajstić information content (AvgIpc) is 0.912. The summed E-state index contributed by atoms with van der Waals surface area (Å²) in [4.78, 5) is 73.3. The SMILES string of the molecule is CCCCCCCCCCCCCCCCCCCCCCCCC(=O)O[C@H](COC(=O)CCCCCCCCCCCCCCCCC(C)CC)COP(=O)(O)OC[C@@H](O)COP(=O)(O)OC[C@@H](COC(=O)CCCCCCCCCCCCCC)OC(=O)CCCCCCCCCCCCCCCCC. The molecule has 0 spiro atoms. The Balaban J connectivity index is 5.24. The Morgan fingerprint density at radius 2 is 0.449 bits per heavy atom. The highest BCUT2D eigenvalue weighted by Gasteiger charge is 2.30. The number of carbonyl (C=O) groups is 4. The van der Waals surface area contributed by atoms with E-state index in [0.717, 1.165) is 95.8 Å². The van der Waals surface area contributed by atoms with Gasteiger partial charge in [-0.3, -0.25) is 37.3 Å². The van der Waals surface area contributed by atoms with Crippen molar-refractivity contribution in [1.29, 1.82) is 0 Å². The predicted octanol–water partition coefficient (Wildman–Crippen LogP) is 27.2. The molecule has 17 nitrogen and oxygen atoms in total. The van der Waals surface area contributed by atoms with Crippen LogP contribution in [0.4, 0.5) is 0 Å². The van der Waals surface area contributed by atoms with Crippen molar-refractivity contribution >= 4 is 39.5 Å². The highest BCUT2D eigenvalue weighted by Crippen LogP contribution is 2.45. The van der Waals surface area contributed by atoms with E-state index in [1.165, 1.54) is 302 Å². The molecule has 0 radical (unpaired) electrons. The smallest absolute Gasteiger partial charge is 0.462 e. The Labute approximate surface area is 658 Å². The first-order chi connectivity index (χ1) is 52.1. The molecule has 0 fully saturated rings. The maximum Gasteiger partial charge on any atom is 0.472 e. The summed E-state index contributed by atoms with van der Waals surface area (Å²) in [5, 5.41) is 10.7. The Morgan fingerprint density at radius 1 is 0.262 bits per heavy atom. The summed E-state index contributed by atoms with van der Waals surface area (Å²) in [7, 11) is -9.93. The number of esters is 4. The van der Waals surface area contributed by atoms with Crippen LogP contribution in [0, 0.1) is 5.92 Å². The zero-order valence-electron chi connectivity index (χ0n) is 70.3. The van der Waals surface area contributed by atoms with Gasteiger partial charge in [0, 0.05) is 25.7 Å². The van der Waals surface area contributed by atoms with Gasteiger partial charge in [-0.1, -0.05) is 426 Å². The molecule has 0 saturated heterocycles. The summed E-state index contributed by atoms with van der Waals surface area (Å²) in [5.74, 6) is -1.25. The topological polar surface area (TPSA) is 237 Å². The van der Waals surface area contributed by atoms with Crippen molar-refractivity contribution in [3.05, 3.63) is 0 Å². The van der Waals surface area contributed by atoms with Crippen LogP contribution in [0.1, 0.15) is 478 Å². The van der Waals surface area contributed by atoms with E-state index >= 15 is 0 Å². The average molecular weight is 1560 g/mol. The Morgan fingerprint density at radius 3 is 0.664 bits per heavy atom. The van der Waals surface area contributed by atoms with Crippen molar-refractivity contribution in [2.45, 2.75) is 496 Å². The van der Waals surface area contributed by atoms with E-state index in [0.29, 0.717) is 25.7 Å². The first-order valence-electron chi connectivity index (χ1n) is 45.7. The third-order valence-electron chi connectivity index (χ3n) is 21.1. The first kappa shape index (κ1) is 105. The minimum atomic E-state index is -4.97. The van der Waals surface area contributed by atoms with Gasteiger partial charge in [0.15, 0.2) is 12.2 Å². The Kier molecular flexibility index (Phi) is 79.2. The number of rotatable bonds is 88. The third kappa shape index (κ3) is 80.5. The zero-order chi connectivity index (χ0) is 78.3. The minimum absolute atomic E-state index is 0.109. The van der Waals surface area contributed by atoms with Gasteiger partial charge in [-0.2, -0.15) is 0 Å². The lowest BCUT2D eigenvalue weighted by Gasteiger charge is -2.21. The molecule has 3 N–H and O–H groups in total. The largest absolute Gasteiger partial charge is 0.472 e. The van der Waals surface area contributed by atoms with Gasteiger partial charge in [-0.15, -0.1) is 0 Å². The highest BCUT2D eigenvalue weighted by atomic mass is 31.2. The molecule has 3 unspecified atom stereocenters. The lowest BCUT2D eigenvalue weighted by atomic mass is 9.99.